The van der Waals surface area contributed by atoms with Crippen molar-refractivity contribution in [2.24, 2.45) is 0 Å². The Morgan fingerprint density at radius 1 is 1.12 bits per heavy atom. The second kappa shape index (κ2) is 9.60. The second-order valence-electron chi connectivity index (χ2n) is 5.38. The Morgan fingerprint density at radius 3 is 2.42 bits per heavy atom. The van der Waals surface area contributed by atoms with Gasteiger partial charge in [0.05, 0.1) is 6.61 Å². The number of ether oxygens (including phenoxy) is 1. The topological polar surface area (TPSA) is 29.5 Å². The summed E-state index contributed by atoms with van der Waals surface area (Å²) < 4.78 is 5.42. The highest BCUT2D eigenvalue weighted by atomic mass is 35.5. The molecule has 0 aliphatic rings. The van der Waals surface area contributed by atoms with Crippen LogP contribution in [0.5, 0.6) is 5.75 Å². The van der Waals surface area contributed by atoms with Crippen LogP contribution in [-0.4, -0.2) is 30.2 Å². The molecule has 0 unspecified atom stereocenters. The fourth-order valence-corrected chi connectivity index (χ4v) is 3.16. The first kappa shape index (κ1) is 18.7. The third-order valence-electron chi connectivity index (χ3n) is 3.48. The standard InChI is InChI=1S/C19H22ClNO2S/c1-3-23-17-8-4-15(5-9-17)14-21(2)19(22)12-13-24-18-10-6-16(20)7-11-18/h4-11H,3,12-14H2,1-2H3. The molecule has 2 aromatic carbocycles. The Balaban J connectivity index is 1.76. The van der Waals surface area contributed by atoms with E-state index in [9.17, 15) is 4.79 Å². The van der Waals surface area contributed by atoms with Crippen LogP contribution in [0.1, 0.15) is 18.9 Å². The molecule has 0 spiro atoms. The third-order valence-corrected chi connectivity index (χ3v) is 4.74. The van der Waals surface area contributed by atoms with Crippen molar-refractivity contribution >= 4 is 29.3 Å². The van der Waals surface area contributed by atoms with Crippen molar-refractivity contribution in [3.8, 4) is 5.75 Å². The Labute approximate surface area is 153 Å². The minimum absolute atomic E-state index is 0.144. The SMILES string of the molecule is CCOc1ccc(CN(C)C(=O)CCSc2ccc(Cl)cc2)cc1. The smallest absolute Gasteiger partial charge is 0.223 e. The highest BCUT2D eigenvalue weighted by Crippen LogP contribution is 2.21. The lowest BCUT2D eigenvalue weighted by molar-refractivity contribution is -0.129. The van der Waals surface area contributed by atoms with Gasteiger partial charge >= 0.3 is 0 Å². The van der Waals surface area contributed by atoms with Gasteiger partial charge in [0.25, 0.3) is 0 Å². The summed E-state index contributed by atoms with van der Waals surface area (Å²) in [6, 6.07) is 15.5. The normalized spacial score (nSPS) is 10.5. The zero-order valence-corrected chi connectivity index (χ0v) is 15.6. The van der Waals surface area contributed by atoms with Crippen LogP contribution in [0.4, 0.5) is 0 Å². The number of halogens is 1. The number of nitrogens with zero attached hydrogens (tertiary/aromatic N) is 1. The summed E-state index contributed by atoms with van der Waals surface area (Å²) in [7, 11) is 1.84. The first-order valence-corrected chi connectivity index (χ1v) is 9.29. The van der Waals surface area contributed by atoms with Crippen LogP contribution < -0.4 is 4.74 Å². The summed E-state index contributed by atoms with van der Waals surface area (Å²) in [6.07, 6.45) is 0.515. The van der Waals surface area contributed by atoms with E-state index in [0.29, 0.717) is 19.6 Å². The van der Waals surface area contributed by atoms with Crippen molar-refractivity contribution in [1.29, 1.82) is 0 Å². The van der Waals surface area contributed by atoms with E-state index in [1.165, 1.54) is 0 Å². The molecule has 2 rings (SSSR count). The third kappa shape index (κ3) is 6.10. The Morgan fingerprint density at radius 2 is 1.79 bits per heavy atom. The van der Waals surface area contributed by atoms with Crippen LogP contribution in [0.25, 0.3) is 0 Å². The zero-order valence-electron chi connectivity index (χ0n) is 14.0. The van der Waals surface area contributed by atoms with E-state index in [1.54, 1.807) is 16.7 Å². The highest BCUT2D eigenvalue weighted by Gasteiger charge is 2.09. The maximum atomic E-state index is 12.2. The fourth-order valence-electron chi connectivity index (χ4n) is 2.20. The minimum Gasteiger partial charge on any atom is -0.494 e. The molecule has 0 bridgehead atoms. The Hall–Kier alpha value is -1.65. The molecule has 0 saturated heterocycles. The number of hydrogen-bond acceptors (Lipinski definition) is 3. The van der Waals surface area contributed by atoms with Crippen LogP contribution in [0.3, 0.4) is 0 Å². The summed E-state index contributed by atoms with van der Waals surface area (Å²) >= 11 is 7.53. The molecule has 0 aliphatic carbocycles. The molecule has 0 N–H and O–H groups in total. The molecule has 0 atom stereocenters. The maximum Gasteiger partial charge on any atom is 0.223 e. The summed E-state index contributed by atoms with van der Waals surface area (Å²) in [4.78, 5) is 15.1. The predicted octanol–water partition coefficient (Wildman–Crippen LogP) is 4.88. The first-order chi connectivity index (χ1) is 11.6. The first-order valence-electron chi connectivity index (χ1n) is 7.92. The average molecular weight is 364 g/mol. The van der Waals surface area contributed by atoms with E-state index in [2.05, 4.69) is 0 Å². The fraction of sp³-hybridized carbons (Fsp3) is 0.316. The number of hydrogen-bond donors (Lipinski definition) is 0. The van der Waals surface area contributed by atoms with Gasteiger partial charge in [0, 0.05) is 35.7 Å². The van der Waals surface area contributed by atoms with Crippen molar-refractivity contribution in [1.82, 2.24) is 4.90 Å². The molecular formula is C19H22ClNO2S. The molecular weight excluding hydrogens is 342 g/mol. The molecule has 2 aromatic rings. The summed E-state index contributed by atoms with van der Waals surface area (Å²) in [5.74, 6) is 1.76. The lowest BCUT2D eigenvalue weighted by Gasteiger charge is -2.17. The van der Waals surface area contributed by atoms with Crippen molar-refractivity contribution in [3.63, 3.8) is 0 Å². The molecule has 24 heavy (non-hydrogen) atoms. The predicted molar refractivity (Wildman–Crippen MR) is 101 cm³/mol. The molecule has 0 radical (unpaired) electrons. The number of carbonyl (C=O) groups excluding carboxylic acids is 1. The van der Waals surface area contributed by atoms with Gasteiger partial charge in [0.15, 0.2) is 0 Å². The van der Waals surface area contributed by atoms with E-state index >= 15 is 0 Å². The van der Waals surface area contributed by atoms with E-state index in [4.69, 9.17) is 16.3 Å². The van der Waals surface area contributed by atoms with E-state index in [-0.39, 0.29) is 5.91 Å². The largest absolute Gasteiger partial charge is 0.494 e. The monoisotopic (exact) mass is 363 g/mol. The zero-order chi connectivity index (χ0) is 17.4. The Bertz CT molecular complexity index is 643. The van der Waals surface area contributed by atoms with Crippen molar-refractivity contribution < 1.29 is 9.53 Å². The average Bonchev–Trinajstić information content (AvgIpc) is 2.58. The van der Waals surface area contributed by atoms with E-state index in [1.807, 2.05) is 62.5 Å². The van der Waals surface area contributed by atoms with E-state index in [0.717, 1.165) is 27.0 Å². The number of carbonyl (C=O) groups is 1. The molecule has 0 fully saturated rings. The van der Waals surface area contributed by atoms with Gasteiger partial charge in [-0.25, -0.2) is 0 Å². The van der Waals surface area contributed by atoms with Crippen LogP contribution >= 0.6 is 23.4 Å². The molecule has 0 aromatic heterocycles. The van der Waals surface area contributed by atoms with Gasteiger partial charge in [-0.1, -0.05) is 23.7 Å². The quantitative estimate of drug-likeness (QED) is 0.626. The molecule has 0 heterocycles. The van der Waals surface area contributed by atoms with Crippen LogP contribution in [-0.2, 0) is 11.3 Å². The molecule has 3 nitrogen and oxygen atoms in total. The number of rotatable bonds is 8. The van der Waals surface area contributed by atoms with Gasteiger partial charge in [0.2, 0.25) is 5.91 Å². The summed E-state index contributed by atoms with van der Waals surface area (Å²) in [5.41, 5.74) is 1.10. The van der Waals surface area contributed by atoms with E-state index < -0.39 is 0 Å². The van der Waals surface area contributed by atoms with Crippen molar-refractivity contribution in [2.75, 3.05) is 19.4 Å². The lowest BCUT2D eigenvalue weighted by Crippen LogP contribution is -2.26. The number of benzene rings is 2. The van der Waals surface area contributed by atoms with Crippen LogP contribution in [0, 0.1) is 0 Å². The minimum atomic E-state index is 0.144. The van der Waals surface area contributed by atoms with Crippen molar-refractivity contribution in [2.45, 2.75) is 24.8 Å². The summed E-state index contributed by atoms with van der Waals surface area (Å²) in [5, 5.41) is 0.727. The van der Waals surface area contributed by atoms with Crippen LogP contribution in [0.15, 0.2) is 53.4 Å². The van der Waals surface area contributed by atoms with Gasteiger partial charge in [-0.15, -0.1) is 11.8 Å². The van der Waals surface area contributed by atoms with Gasteiger partial charge in [0.1, 0.15) is 5.75 Å². The molecule has 0 saturated carbocycles. The molecule has 0 aliphatic heterocycles. The van der Waals surface area contributed by atoms with Gasteiger partial charge < -0.3 is 9.64 Å². The van der Waals surface area contributed by atoms with Gasteiger partial charge in [-0.2, -0.15) is 0 Å². The number of amides is 1. The molecule has 128 valence electrons. The van der Waals surface area contributed by atoms with Gasteiger partial charge in [-0.3, -0.25) is 4.79 Å². The molecule has 5 heteroatoms. The lowest BCUT2D eigenvalue weighted by atomic mass is 10.2. The van der Waals surface area contributed by atoms with Crippen LogP contribution in [0.2, 0.25) is 5.02 Å². The molecule has 1 amide bonds. The highest BCUT2D eigenvalue weighted by molar-refractivity contribution is 7.99. The summed E-state index contributed by atoms with van der Waals surface area (Å²) in [6.45, 7) is 3.22. The Kier molecular flexibility index (Phi) is 7.47. The van der Waals surface area contributed by atoms with Crippen molar-refractivity contribution in [3.05, 3.63) is 59.1 Å². The number of thioether (sulfide) groups is 1. The maximum absolute atomic E-state index is 12.2. The van der Waals surface area contributed by atoms with Gasteiger partial charge in [-0.05, 0) is 48.9 Å². The second-order valence-corrected chi connectivity index (χ2v) is 6.98.